The second kappa shape index (κ2) is 9.54. The van der Waals surface area contributed by atoms with Crippen molar-refractivity contribution in [3.8, 4) is 0 Å². The number of nitrogens with zero attached hydrogens (tertiary/aromatic N) is 1. The zero-order valence-corrected chi connectivity index (χ0v) is 22.5. The third-order valence-corrected chi connectivity index (χ3v) is 7.10. The van der Waals surface area contributed by atoms with Crippen molar-refractivity contribution in [1.29, 1.82) is 0 Å². The van der Waals surface area contributed by atoms with Gasteiger partial charge in [-0.25, -0.2) is 9.69 Å². The minimum absolute atomic E-state index is 0.0227. The molecule has 1 aliphatic carbocycles. The Labute approximate surface area is 225 Å². The van der Waals surface area contributed by atoms with E-state index in [-0.39, 0.29) is 22.9 Å². The van der Waals surface area contributed by atoms with Crippen LogP contribution >= 0.6 is 11.6 Å². The molecular weight excluding hydrogens is 512 g/mol. The molecule has 0 radical (unpaired) electrons. The Morgan fingerprint density at radius 3 is 2.34 bits per heavy atom. The number of hydrogen-bond donors (Lipinski definition) is 1. The molecule has 0 bridgehead atoms. The highest BCUT2D eigenvalue weighted by Crippen LogP contribution is 2.60. The third-order valence-electron chi connectivity index (χ3n) is 6.87. The predicted molar refractivity (Wildman–Crippen MR) is 140 cm³/mol. The lowest BCUT2D eigenvalue weighted by Crippen LogP contribution is -2.68. The van der Waals surface area contributed by atoms with Gasteiger partial charge in [0.1, 0.15) is 11.0 Å². The molecule has 4 rings (SSSR count). The molecular formula is C28H29ClN2O7. The summed E-state index contributed by atoms with van der Waals surface area (Å²) >= 11 is 6.37. The van der Waals surface area contributed by atoms with E-state index < -0.39 is 58.4 Å². The van der Waals surface area contributed by atoms with Crippen molar-refractivity contribution in [2.45, 2.75) is 57.6 Å². The van der Waals surface area contributed by atoms with E-state index in [2.05, 4.69) is 5.32 Å². The number of carbonyl (C=O) groups excluding carboxylic acids is 5. The van der Waals surface area contributed by atoms with Gasteiger partial charge < -0.3 is 14.8 Å². The average Bonchev–Trinajstić information content (AvgIpc) is 3.24. The first-order valence-electron chi connectivity index (χ1n) is 12.2. The van der Waals surface area contributed by atoms with Gasteiger partial charge >= 0.3 is 12.1 Å². The molecule has 1 saturated carbocycles. The van der Waals surface area contributed by atoms with Gasteiger partial charge in [0.25, 0.3) is 5.91 Å². The van der Waals surface area contributed by atoms with Gasteiger partial charge in [0.05, 0.1) is 18.2 Å². The van der Waals surface area contributed by atoms with E-state index in [1.165, 1.54) is 25.1 Å². The van der Waals surface area contributed by atoms with Crippen molar-refractivity contribution in [2.24, 2.45) is 5.92 Å². The number of Topliss-reactive ketones (excluding diaryl/α,β-unsaturated/α-hetero) is 2. The van der Waals surface area contributed by atoms with Crippen molar-refractivity contribution in [2.75, 3.05) is 16.8 Å². The largest absolute Gasteiger partial charge is 0.466 e. The first-order valence-corrected chi connectivity index (χ1v) is 12.6. The molecule has 0 aromatic heterocycles. The number of imide groups is 1. The van der Waals surface area contributed by atoms with Crippen molar-refractivity contribution in [3.63, 3.8) is 0 Å². The number of amides is 2. The van der Waals surface area contributed by atoms with Gasteiger partial charge in [-0.1, -0.05) is 29.8 Å². The van der Waals surface area contributed by atoms with Crippen LogP contribution in [0.4, 0.5) is 16.2 Å². The summed E-state index contributed by atoms with van der Waals surface area (Å²) in [5.41, 5.74) is -4.88. The number of hydrogen-bond acceptors (Lipinski definition) is 8. The van der Waals surface area contributed by atoms with E-state index in [9.17, 15) is 24.0 Å². The number of halogens is 1. The van der Waals surface area contributed by atoms with Crippen molar-refractivity contribution in [3.05, 3.63) is 59.1 Å². The number of rotatable bonds is 5. The fourth-order valence-electron chi connectivity index (χ4n) is 5.55. The molecule has 2 amide bonds. The van der Waals surface area contributed by atoms with Crippen LogP contribution in [0.3, 0.4) is 0 Å². The lowest BCUT2D eigenvalue weighted by Gasteiger charge is -2.42. The maximum absolute atomic E-state index is 14.6. The highest BCUT2D eigenvalue weighted by Gasteiger charge is 2.78. The van der Waals surface area contributed by atoms with Crippen molar-refractivity contribution >= 4 is 52.5 Å². The minimum atomic E-state index is -2.25. The Morgan fingerprint density at radius 1 is 1.11 bits per heavy atom. The van der Waals surface area contributed by atoms with Crippen LogP contribution < -0.4 is 10.2 Å². The highest BCUT2D eigenvalue weighted by atomic mass is 35.5. The van der Waals surface area contributed by atoms with Gasteiger partial charge in [0, 0.05) is 17.1 Å². The molecule has 0 saturated heterocycles. The molecule has 9 nitrogen and oxygen atoms in total. The van der Waals surface area contributed by atoms with Crippen molar-refractivity contribution < 1.29 is 33.4 Å². The molecule has 1 aliphatic heterocycles. The molecule has 200 valence electrons. The molecule has 0 unspecified atom stereocenters. The second-order valence-electron chi connectivity index (χ2n) is 10.3. The van der Waals surface area contributed by atoms with Gasteiger partial charge in [-0.2, -0.15) is 0 Å². The summed E-state index contributed by atoms with van der Waals surface area (Å²) in [5, 5.41) is 3.19. The fraction of sp³-hybridized carbons (Fsp3) is 0.393. The number of ketones is 2. The predicted octanol–water partition coefficient (Wildman–Crippen LogP) is 4.45. The van der Waals surface area contributed by atoms with E-state index >= 15 is 0 Å². The number of anilines is 2. The SMILES string of the molecule is CCOC(=O)[C@@H]1CC(=O)[C@](Nc2ccccc2)(C(C)=O)[C@@]12C(=O)N(C(=O)OC(C)(C)C)c1ccc(Cl)cc12. The summed E-state index contributed by atoms with van der Waals surface area (Å²) in [6, 6.07) is 12.7. The maximum atomic E-state index is 14.6. The van der Waals surface area contributed by atoms with Crippen LogP contribution in [-0.4, -0.2) is 47.3 Å². The lowest BCUT2D eigenvalue weighted by atomic mass is 9.61. The van der Waals surface area contributed by atoms with Crippen LogP contribution in [0.25, 0.3) is 0 Å². The molecule has 1 spiro atoms. The number of para-hydroxylation sites is 1. The monoisotopic (exact) mass is 540 g/mol. The third kappa shape index (κ3) is 3.96. The molecule has 2 aliphatic rings. The van der Waals surface area contributed by atoms with Gasteiger partial charge in [0.15, 0.2) is 17.1 Å². The molecule has 2 aromatic carbocycles. The van der Waals surface area contributed by atoms with Gasteiger partial charge in [-0.15, -0.1) is 0 Å². The first kappa shape index (κ1) is 27.3. The molecule has 1 N–H and O–H groups in total. The standard InChI is InChI=1S/C28H29ClN2O7/c1-6-37-23(34)20-15-22(33)28(16(2)32,30-18-10-8-7-9-11-18)27(20)19-14-17(29)12-13-21(19)31(24(27)35)25(36)38-26(3,4)5/h7-14,20,30H,6,15H2,1-5H3/t20-,27+,28+/m0/s1. The van der Waals surface area contributed by atoms with Crippen LogP contribution in [-0.2, 0) is 34.1 Å². The topological polar surface area (TPSA) is 119 Å². The Hall–Kier alpha value is -3.72. The summed E-state index contributed by atoms with van der Waals surface area (Å²) in [6.45, 7) is 7.67. The normalized spacial score (nSPS) is 24.4. The fourth-order valence-corrected chi connectivity index (χ4v) is 5.72. The summed E-state index contributed by atoms with van der Waals surface area (Å²) in [6.07, 6.45) is -1.49. The summed E-state index contributed by atoms with van der Waals surface area (Å²) in [4.78, 5) is 69.9. The Morgan fingerprint density at radius 2 is 1.76 bits per heavy atom. The van der Waals surface area contributed by atoms with Crippen LogP contribution in [0.2, 0.25) is 5.02 Å². The van der Waals surface area contributed by atoms with Crippen LogP contribution in [0, 0.1) is 5.92 Å². The van der Waals surface area contributed by atoms with E-state index in [0.717, 1.165) is 4.90 Å². The van der Waals surface area contributed by atoms with Crippen LogP contribution in [0.1, 0.15) is 46.6 Å². The summed E-state index contributed by atoms with van der Waals surface area (Å²) in [7, 11) is 0. The van der Waals surface area contributed by atoms with Gasteiger partial charge in [-0.05, 0) is 70.5 Å². The molecule has 1 fully saturated rings. The second-order valence-corrected chi connectivity index (χ2v) is 10.8. The quantitative estimate of drug-likeness (QED) is 0.436. The number of nitrogens with one attached hydrogen (secondary N) is 1. The van der Waals surface area contributed by atoms with Gasteiger partial charge in [0.2, 0.25) is 0 Å². The summed E-state index contributed by atoms with van der Waals surface area (Å²) < 4.78 is 10.8. The minimum Gasteiger partial charge on any atom is -0.466 e. The zero-order chi connectivity index (χ0) is 28.0. The Balaban J connectivity index is 2.08. The number of benzene rings is 2. The Bertz CT molecular complexity index is 1340. The Kier molecular flexibility index (Phi) is 6.86. The smallest absolute Gasteiger partial charge is 0.421 e. The van der Waals surface area contributed by atoms with Crippen LogP contribution in [0.5, 0.6) is 0 Å². The van der Waals surface area contributed by atoms with E-state index in [4.69, 9.17) is 21.1 Å². The first-order chi connectivity index (χ1) is 17.8. The molecule has 38 heavy (non-hydrogen) atoms. The zero-order valence-electron chi connectivity index (χ0n) is 21.8. The maximum Gasteiger partial charge on any atom is 0.421 e. The molecule has 3 atom stereocenters. The average molecular weight is 541 g/mol. The number of carbonyl (C=O) groups is 5. The molecule has 1 heterocycles. The molecule has 10 heteroatoms. The van der Waals surface area contributed by atoms with E-state index in [1.54, 1.807) is 58.0 Å². The van der Waals surface area contributed by atoms with Crippen molar-refractivity contribution in [1.82, 2.24) is 0 Å². The lowest BCUT2D eigenvalue weighted by molar-refractivity contribution is -0.153. The molecule has 2 aromatic rings. The number of fused-ring (bicyclic) bond motifs is 2. The van der Waals surface area contributed by atoms with E-state index in [0.29, 0.717) is 5.69 Å². The number of ether oxygens (including phenoxy) is 2. The number of esters is 1. The van der Waals surface area contributed by atoms with Crippen LogP contribution in [0.15, 0.2) is 48.5 Å². The highest BCUT2D eigenvalue weighted by molar-refractivity contribution is 6.34. The van der Waals surface area contributed by atoms with E-state index in [1.807, 2.05) is 0 Å². The summed E-state index contributed by atoms with van der Waals surface area (Å²) in [5.74, 6) is -4.61. The van der Waals surface area contributed by atoms with Gasteiger partial charge in [-0.3, -0.25) is 19.2 Å².